The van der Waals surface area contributed by atoms with E-state index in [2.05, 4.69) is 5.32 Å². The van der Waals surface area contributed by atoms with Crippen LogP contribution < -0.4 is 5.32 Å². The fourth-order valence-corrected chi connectivity index (χ4v) is 5.27. The molecule has 0 aliphatic carbocycles. The van der Waals surface area contributed by atoms with Crippen LogP contribution in [0.1, 0.15) is 24.0 Å². The summed E-state index contributed by atoms with van der Waals surface area (Å²) in [7, 11) is -3.61. The fourth-order valence-electron chi connectivity index (χ4n) is 3.42. The van der Waals surface area contributed by atoms with Crippen LogP contribution in [-0.4, -0.2) is 31.7 Å². The van der Waals surface area contributed by atoms with E-state index in [0.717, 1.165) is 5.56 Å². The summed E-state index contributed by atoms with van der Waals surface area (Å²) in [6.07, 6.45) is 0.746. The first kappa shape index (κ1) is 20.8. The van der Waals surface area contributed by atoms with Crippen molar-refractivity contribution in [1.82, 2.24) is 4.31 Å². The molecule has 0 radical (unpaired) electrons. The van der Waals surface area contributed by atoms with E-state index < -0.39 is 15.8 Å². The van der Waals surface area contributed by atoms with E-state index in [1.807, 2.05) is 13.0 Å². The van der Waals surface area contributed by atoms with Crippen LogP contribution in [0.4, 0.5) is 10.1 Å². The molecular weight excluding hydrogens is 403 g/mol. The Kier molecular flexibility index (Phi) is 6.07. The van der Waals surface area contributed by atoms with E-state index >= 15 is 0 Å². The van der Waals surface area contributed by atoms with Crippen molar-refractivity contribution in [1.29, 1.82) is 0 Å². The first-order valence-electron chi connectivity index (χ1n) is 9.02. The second kappa shape index (κ2) is 8.19. The quantitative estimate of drug-likeness (QED) is 0.802. The average Bonchev–Trinajstić information content (AvgIpc) is 2.65. The first-order valence-corrected chi connectivity index (χ1v) is 10.8. The number of nitrogens with zero attached hydrogens (tertiary/aromatic N) is 1. The molecule has 1 amide bonds. The van der Waals surface area contributed by atoms with Crippen molar-refractivity contribution < 1.29 is 17.6 Å². The molecule has 8 heteroatoms. The lowest BCUT2D eigenvalue weighted by Gasteiger charge is -2.31. The van der Waals surface area contributed by atoms with Crippen LogP contribution in [0.3, 0.4) is 0 Å². The molecule has 5 nitrogen and oxygen atoms in total. The maximum absolute atomic E-state index is 14.0. The van der Waals surface area contributed by atoms with Gasteiger partial charge < -0.3 is 5.32 Å². The number of sulfonamides is 1. The maximum Gasteiger partial charge on any atom is 0.243 e. The van der Waals surface area contributed by atoms with E-state index in [1.54, 1.807) is 25.1 Å². The molecule has 0 unspecified atom stereocenters. The minimum Gasteiger partial charge on any atom is -0.323 e. The molecule has 0 saturated carbocycles. The molecule has 2 aromatic rings. The highest BCUT2D eigenvalue weighted by atomic mass is 35.5. The van der Waals surface area contributed by atoms with Gasteiger partial charge in [-0.15, -0.1) is 0 Å². The smallest absolute Gasteiger partial charge is 0.243 e. The van der Waals surface area contributed by atoms with E-state index in [4.69, 9.17) is 11.6 Å². The van der Waals surface area contributed by atoms with Gasteiger partial charge in [0.1, 0.15) is 0 Å². The molecule has 1 N–H and O–H groups in total. The topological polar surface area (TPSA) is 66.5 Å². The van der Waals surface area contributed by atoms with Crippen molar-refractivity contribution >= 4 is 33.2 Å². The minimum atomic E-state index is -3.61. The Labute approximate surface area is 169 Å². The predicted molar refractivity (Wildman–Crippen MR) is 107 cm³/mol. The van der Waals surface area contributed by atoms with Crippen LogP contribution in [0.5, 0.6) is 0 Å². The van der Waals surface area contributed by atoms with Gasteiger partial charge in [-0.05, 0) is 50.5 Å². The second-order valence-electron chi connectivity index (χ2n) is 7.04. The number of hydrogen-bond donors (Lipinski definition) is 1. The van der Waals surface area contributed by atoms with Crippen molar-refractivity contribution in [2.24, 2.45) is 5.92 Å². The number of benzene rings is 2. The monoisotopic (exact) mass is 424 g/mol. The number of piperidine rings is 1. The van der Waals surface area contributed by atoms with Crippen LogP contribution in [-0.2, 0) is 14.8 Å². The number of nitrogens with one attached hydrogen (secondary N) is 1. The van der Waals surface area contributed by atoms with Gasteiger partial charge >= 0.3 is 0 Å². The summed E-state index contributed by atoms with van der Waals surface area (Å²) in [6, 6.07) is 9.65. The second-order valence-corrected chi connectivity index (χ2v) is 9.35. The molecule has 0 aromatic heterocycles. The molecule has 150 valence electrons. The van der Waals surface area contributed by atoms with Gasteiger partial charge in [0.25, 0.3) is 0 Å². The Morgan fingerprint density at radius 3 is 2.50 bits per heavy atom. The molecule has 1 aliphatic heterocycles. The lowest BCUT2D eigenvalue weighted by molar-refractivity contribution is -0.120. The lowest BCUT2D eigenvalue weighted by atomic mass is 9.97. The zero-order valence-electron chi connectivity index (χ0n) is 15.7. The number of rotatable bonds is 4. The molecule has 1 saturated heterocycles. The molecule has 1 aliphatic rings. The molecule has 0 spiro atoms. The van der Waals surface area contributed by atoms with E-state index in [9.17, 15) is 17.6 Å². The summed E-state index contributed by atoms with van der Waals surface area (Å²) < 4.78 is 41.2. The van der Waals surface area contributed by atoms with Gasteiger partial charge in [0.15, 0.2) is 5.82 Å². The lowest BCUT2D eigenvalue weighted by Crippen LogP contribution is -2.41. The number of anilines is 1. The zero-order valence-corrected chi connectivity index (χ0v) is 17.3. The van der Waals surface area contributed by atoms with Gasteiger partial charge in [-0.1, -0.05) is 35.4 Å². The van der Waals surface area contributed by atoms with E-state index in [1.165, 1.54) is 16.4 Å². The molecule has 0 atom stereocenters. The highest BCUT2D eigenvalue weighted by Gasteiger charge is 2.33. The van der Waals surface area contributed by atoms with Gasteiger partial charge in [0, 0.05) is 19.0 Å². The summed E-state index contributed by atoms with van der Waals surface area (Å²) in [4.78, 5) is 12.8. The standard InChI is InChI=1S/C20H22ClFN2O3S/c1-13-6-7-18(14(2)12-13)28(26,27)24-10-8-15(9-11-24)20(25)23-17-5-3-4-16(21)19(17)22/h3-7,12,15H,8-11H2,1-2H3,(H,23,25). The number of carbonyl (C=O) groups excluding carboxylic acids is 1. The molecule has 2 aromatic carbocycles. The normalized spacial score (nSPS) is 16.1. The Morgan fingerprint density at radius 1 is 1.18 bits per heavy atom. The third-order valence-electron chi connectivity index (χ3n) is 4.98. The Morgan fingerprint density at radius 2 is 1.86 bits per heavy atom. The molecule has 28 heavy (non-hydrogen) atoms. The van der Waals surface area contributed by atoms with E-state index in [0.29, 0.717) is 23.3 Å². The molecule has 1 fully saturated rings. The van der Waals surface area contributed by atoms with Crippen LogP contribution in [0.2, 0.25) is 5.02 Å². The van der Waals surface area contributed by atoms with Crippen molar-refractivity contribution in [3.8, 4) is 0 Å². The largest absolute Gasteiger partial charge is 0.323 e. The zero-order chi connectivity index (χ0) is 20.5. The van der Waals surface area contributed by atoms with Crippen LogP contribution in [0.25, 0.3) is 0 Å². The van der Waals surface area contributed by atoms with Crippen molar-refractivity contribution in [2.75, 3.05) is 18.4 Å². The Balaban J connectivity index is 1.67. The number of hydrogen-bond acceptors (Lipinski definition) is 3. The Bertz CT molecular complexity index is 1000. The third kappa shape index (κ3) is 4.21. The van der Waals surface area contributed by atoms with Crippen LogP contribution in [0.15, 0.2) is 41.3 Å². The van der Waals surface area contributed by atoms with Crippen LogP contribution >= 0.6 is 11.6 Å². The predicted octanol–water partition coefficient (Wildman–Crippen LogP) is 4.14. The van der Waals surface area contributed by atoms with Crippen molar-refractivity contribution in [3.05, 3.63) is 58.4 Å². The average molecular weight is 425 g/mol. The highest BCUT2D eigenvalue weighted by Crippen LogP contribution is 2.28. The fraction of sp³-hybridized carbons (Fsp3) is 0.350. The number of aryl methyl sites for hydroxylation is 2. The van der Waals surface area contributed by atoms with Gasteiger partial charge in [-0.25, -0.2) is 12.8 Å². The van der Waals surface area contributed by atoms with Crippen molar-refractivity contribution in [3.63, 3.8) is 0 Å². The minimum absolute atomic E-state index is 0.0304. The molecule has 0 bridgehead atoms. The van der Waals surface area contributed by atoms with Gasteiger partial charge in [-0.2, -0.15) is 4.31 Å². The highest BCUT2D eigenvalue weighted by molar-refractivity contribution is 7.89. The summed E-state index contributed by atoms with van der Waals surface area (Å²) in [6.45, 7) is 4.17. The SMILES string of the molecule is Cc1ccc(S(=O)(=O)N2CCC(C(=O)Nc3cccc(Cl)c3F)CC2)c(C)c1. The summed E-state index contributed by atoms with van der Waals surface area (Å²) in [5.74, 6) is -1.39. The summed E-state index contributed by atoms with van der Waals surface area (Å²) >= 11 is 5.73. The summed E-state index contributed by atoms with van der Waals surface area (Å²) in [5, 5.41) is 2.49. The van der Waals surface area contributed by atoms with Gasteiger partial charge in [0.2, 0.25) is 15.9 Å². The summed E-state index contributed by atoms with van der Waals surface area (Å²) in [5.41, 5.74) is 1.74. The Hall–Kier alpha value is -1.96. The number of amides is 1. The third-order valence-corrected chi connectivity index (χ3v) is 7.33. The van der Waals surface area contributed by atoms with E-state index in [-0.39, 0.29) is 35.6 Å². The number of halogens is 2. The van der Waals surface area contributed by atoms with Crippen molar-refractivity contribution in [2.45, 2.75) is 31.6 Å². The van der Waals surface area contributed by atoms with Crippen LogP contribution in [0, 0.1) is 25.6 Å². The van der Waals surface area contributed by atoms with Gasteiger partial charge in [-0.3, -0.25) is 4.79 Å². The first-order chi connectivity index (χ1) is 13.2. The number of carbonyl (C=O) groups is 1. The maximum atomic E-state index is 14.0. The molecule has 1 heterocycles. The molecule has 3 rings (SSSR count). The van der Waals surface area contributed by atoms with Gasteiger partial charge in [0.05, 0.1) is 15.6 Å². The molecular formula is C20H22ClFN2O3S.